The molecule has 2 rings (SSSR count). The molecule has 2 N–H and O–H groups in total. The Balaban J connectivity index is 2.37. The number of nitrogens with two attached hydrogens (primary N) is 1. The summed E-state index contributed by atoms with van der Waals surface area (Å²) in [5, 5.41) is 0.505. The Morgan fingerprint density at radius 2 is 2.06 bits per heavy atom. The van der Waals surface area contributed by atoms with Crippen LogP contribution in [0, 0.1) is 0 Å². The molecule has 0 fully saturated rings. The first-order valence-electron chi connectivity index (χ1n) is 5.16. The predicted molar refractivity (Wildman–Crippen MR) is 71.0 cm³/mol. The molecule has 0 amide bonds. The molecule has 18 heavy (non-hydrogen) atoms. The monoisotopic (exact) mass is 282 g/mol. The van der Waals surface area contributed by atoms with Crippen LogP contribution in [0.1, 0.15) is 5.56 Å². The van der Waals surface area contributed by atoms with E-state index in [1.807, 2.05) is 0 Å². The fraction of sp³-hybridized carbons (Fsp3) is 0.0833. The molecule has 0 unspecified atom stereocenters. The topological polar surface area (TPSA) is 73.0 Å². The summed E-state index contributed by atoms with van der Waals surface area (Å²) < 4.78 is 24.4. The van der Waals surface area contributed by atoms with Crippen molar-refractivity contribution in [2.75, 3.05) is 5.73 Å². The van der Waals surface area contributed by atoms with E-state index >= 15 is 0 Å². The molecule has 2 aromatic rings. The zero-order valence-electron chi connectivity index (χ0n) is 9.38. The highest BCUT2D eigenvalue weighted by molar-refractivity contribution is 7.90. The van der Waals surface area contributed by atoms with Gasteiger partial charge in [-0.25, -0.2) is 8.42 Å². The van der Waals surface area contributed by atoms with Gasteiger partial charge in [-0.15, -0.1) is 0 Å². The number of aromatic nitrogens is 1. The van der Waals surface area contributed by atoms with E-state index in [-0.39, 0.29) is 16.3 Å². The van der Waals surface area contributed by atoms with E-state index in [1.165, 1.54) is 18.5 Å². The molecule has 0 aliphatic rings. The minimum Gasteiger partial charge on any atom is -0.396 e. The number of rotatable bonds is 3. The van der Waals surface area contributed by atoms with Crippen LogP contribution in [0.4, 0.5) is 5.69 Å². The highest BCUT2D eigenvalue weighted by atomic mass is 35.5. The molecule has 0 atom stereocenters. The minimum absolute atomic E-state index is 0.0949. The van der Waals surface area contributed by atoms with E-state index in [0.717, 1.165) is 0 Å². The maximum atomic E-state index is 12.2. The van der Waals surface area contributed by atoms with Crippen molar-refractivity contribution in [1.29, 1.82) is 0 Å². The van der Waals surface area contributed by atoms with Crippen molar-refractivity contribution < 1.29 is 8.42 Å². The second-order valence-corrected chi connectivity index (χ2v) is 6.20. The molecular formula is C12H11ClN2O2S. The van der Waals surface area contributed by atoms with Crippen molar-refractivity contribution in [1.82, 2.24) is 4.98 Å². The Kier molecular flexibility index (Phi) is 3.54. The van der Waals surface area contributed by atoms with Crippen molar-refractivity contribution in [3.05, 3.63) is 53.3 Å². The normalized spacial score (nSPS) is 11.4. The maximum Gasteiger partial charge on any atom is 0.184 e. The number of anilines is 1. The number of hydrogen-bond donors (Lipinski definition) is 1. The Hall–Kier alpha value is -1.59. The average Bonchev–Trinajstić information content (AvgIpc) is 2.28. The van der Waals surface area contributed by atoms with Crippen LogP contribution in [0.2, 0.25) is 5.02 Å². The number of nitrogen functional groups attached to an aromatic ring is 1. The van der Waals surface area contributed by atoms with Gasteiger partial charge < -0.3 is 5.73 Å². The summed E-state index contributed by atoms with van der Waals surface area (Å²) in [5.41, 5.74) is 6.40. The van der Waals surface area contributed by atoms with Crippen LogP contribution >= 0.6 is 11.6 Å². The molecule has 1 aromatic heterocycles. The zero-order chi connectivity index (χ0) is 13.2. The zero-order valence-corrected chi connectivity index (χ0v) is 10.9. The Labute approximate surface area is 110 Å². The molecule has 94 valence electrons. The Morgan fingerprint density at radius 1 is 1.28 bits per heavy atom. The van der Waals surface area contributed by atoms with Gasteiger partial charge in [0.2, 0.25) is 0 Å². The number of hydrogen-bond acceptors (Lipinski definition) is 4. The van der Waals surface area contributed by atoms with Gasteiger partial charge in [-0.05, 0) is 23.8 Å². The quantitative estimate of drug-likeness (QED) is 0.937. The number of nitrogens with zero attached hydrogens (tertiary/aromatic N) is 1. The predicted octanol–water partition coefficient (Wildman–Crippen LogP) is 2.29. The van der Waals surface area contributed by atoms with Crippen molar-refractivity contribution in [2.45, 2.75) is 10.6 Å². The summed E-state index contributed by atoms with van der Waals surface area (Å²) in [7, 11) is -3.48. The van der Waals surface area contributed by atoms with Gasteiger partial charge in [-0.3, -0.25) is 4.98 Å². The van der Waals surface area contributed by atoms with Gasteiger partial charge in [0, 0.05) is 11.2 Å². The molecule has 0 radical (unpaired) electrons. The molecular weight excluding hydrogens is 272 g/mol. The molecule has 1 aromatic carbocycles. The largest absolute Gasteiger partial charge is 0.396 e. The fourth-order valence-corrected chi connectivity index (χ4v) is 3.27. The van der Waals surface area contributed by atoms with Gasteiger partial charge in [0.05, 0.1) is 22.5 Å². The van der Waals surface area contributed by atoms with Crippen LogP contribution < -0.4 is 5.73 Å². The van der Waals surface area contributed by atoms with Gasteiger partial charge in [0.15, 0.2) is 9.84 Å². The maximum absolute atomic E-state index is 12.2. The lowest BCUT2D eigenvalue weighted by Crippen LogP contribution is -2.08. The molecule has 0 spiro atoms. The molecule has 1 heterocycles. The van der Waals surface area contributed by atoms with Crippen molar-refractivity contribution in [3.63, 3.8) is 0 Å². The lowest BCUT2D eigenvalue weighted by Gasteiger charge is -2.07. The van der Waals surface area contributed by atoms with Crippen LogP contribution in [0.15, 0.2) is 47.6 Å². The van der Waals surface area contributed by atoms with Crippen molar-refractivity contribution in [2.24, 2.45) is 0 Å². The van der Waals surface area contributed by atoms with Gasteiger partial charge in [-0.2, -0.15) is 0 Å². The van der Waals surface area contributed by atoms with E-state index < -0.39 is 9.84 Å². The van der Waals surface area contributed by atoms with Crippen molar-refractivity contribution in [3.8, 4) is 0 Å². The number of pyridine rings is 1. The fourth-order valence-electron chi connectivity index (χ4n) is 1.60. The van der Waals surface area contributed by atoms with Gasteiger partial charge in [0.1, 0.15) is 0 Å². The Bertz CT molecular complexity index is 671. The number of sulfone groups is 1. The summed E-state index contributed by atoms with van der Waals surface area (Å²) in [6.07, 6.45) is 2.73. The lowest BCUT2D eigenvalue weighted by atomic mass is 10.2. The molecule has 4 nitrogen and oxygen atoms in total. The smallest absolute Gasteiger partial charge is 0.184 e. The van der Waals surface area contributed by atoms with E-state index in [1.54, 1.807) is 24.3 Å². The summed E-state index contributed by atoms with van der Waals surface area (Å²) in [5.74, 6) is -0.137. The Morgan fingerprint density at radius 3 is 2.72 bits per heavy atom. The second kappa shape index (κ2) is 4.96. The molecule has 0 bridgehead atoms. The second-order valence-electron chi connectivity index (χ2n) is 3.80. The van der Waals surface area contributed by atoms with Crippen LogP contribution in [0.5, 0.6) is 0 Å². The third-order valence-electron chi connectivity index (χ3n) is 2.39. The molecule has 0 aliphatic heterocycles. The minimum atomic E-state index is -3.48. The molecule has 0 saturated carbocycles. The highest BCUT2D eigenvalue weighted by Crippen LogP contribution is 2.22. The van der Waals surface area contributed by atoms with Gasteiger partial charge in [0.25, 0.3) is 0 Å². The van der Waals surface area contributed by atoms with Crippen LogP contribution in [-0.2, 0) is 15.6 Å². The molecule has 0 aliphatic carbocycles. The third kappa shape index (κ3) is 2.80. The van der Waals surface area contributed by atoms with Crippen LogP contribution in [-0.4, -0.2) is 13.4 Å². The molecule has 6 heteroatoms. The first-order valence-corrected chi connectivity index (χ1v) is 7.19. The average molecular weight is 283 g/mol. The van der Waals surface area contributed by atoms with E-state index in [4.69, 9.17) is 17.3 Å². The SMILES string of the molecule is Nc1cnccc1S(=O)(=O)Cc1cccc(Cl)c1. The summed E-state index contributed by atoms with van der Waals surface area (Å²) in [4.78, 5) is 3.86. The van der Waals surface area contributed by atoms with Gasteiger partial charge >= 0.3 is 0 Å². The third-order valence-corrected chi connectivity index (χ3v) is 4.38. The van der Waals surface area contributed by atoms with Crippen LogP contribution in [0.3, 0.4) is 0 Å². The standard InChI is InChI=1S/C12H11ClN2O2S/c13-10-3-1-2-9(6-10)8-18(16,17)12-4-5-15-7-11(12)14/h1-7H,8,14H2. The first-order chi connectivity index (χ1) is 8.49. The first kappa shape index (κ1) is 12.9. The molecule has 0 saturated heterocycles. The van der Waals surface area contributed by atoms with Crippen LogP contribution in [0.25, 0.3) is 0 Å². The summed E-state index contributed by atoms with van der Waals surface area (Å²) in [6.45, 7) is 0. The van der Waals surface area contributed by atoms with E-state index in [0.29, 0.717) is 10.6 Å². The lowest BCUT2D eigenvalue weighted by molar-refractivity contribution is 0.595. The van der Waals surface area contributed by atoms with Gasteiger partial charge in [-0.1, -0.05) is 23.7 Å². The van der Waals surface area contributed by atoms with Crippen molar-refractivity contribution >= 4 is 27.1 Å². The summed E-state index contributed by atoms with van der Waals surface area (Å²) >= 11 is 5.82. The highest BCUT2D eigenvalue weighted by Gasteiger charge is 2.18. The number of benzene rings is 1. The summed E-state index contributed by atoms with van der Waals surface area (Å²) in [6, 6.07) is 8.13. The van der Waals surface area contributed by atoms with E-state index in [2.05, 4.69) is 4.98 Å². The van der Waals surface area contributed by atoms with E-state index in [9.17, 15) is 8.42 Å². The number of halogens is 1.